The van der Waals surface area contributed by atoms with Crippen LogP contribution < -0.4 is 15.2 Å². The number of hydrogen-bond donors (Lipinski definition) is 1. The molecular weight excluding hydrogens is 262 g/mol. The predicted molar refractivity (Wildman–Crippen MR) is 86.8 cm³/mol. The standard InChI is InChI=1S/C18H29NO2/c1-3-4-14-5-10-18(19)15(13-14)11-12-21-17-8-6-16(20-2)7-9-17/h6-9,14-15,18H,3-5,10-13,19H2,1-2H3. The Morgan fingerprint density at radius 3 is 2.48 bits per heavy atom. The first kappa shape index (κ1) is 16.2. The average Bonchev–Trinajstić information content (AvgIpc) is 2.51. The van der Waals surface area contributed by atoms with Gasteiger partial charge in [0.25, 0.3) is 0 Å². The van der Waals surface area contributed by atoms with Crippen LogP contribution in [0.4, 0.5) is 0 Å². The zero-order chi connectivity index (χ0) is 15.1. The zero-order valence-electron chi connectivity index (χ0n) is 13.4. The Balaban J connectivity index is 1.75. The molecule has 118 valence electrons. The van der Waals surface area contributed by atoms with E-state index in [1.54, 1.807) is 7.11 Å². The number of hydrogen-bond acceptors (Lipinski definition) is 3. The molecule has 0 bridgehead atoms. The maximum Gasteiger partial charge on any atom is 0.119 e. The molecule has 3 nitrogen and oxygen atoms in total. The molecule has 0 saturated heterocycles. The van der Waals surface area contributed by atoms with Crippen molar-refractivity contribution in [1.82, 2.24) is 0 Å². The van der Waals surface area contributed by atoms with Crippen molar-refractivity contribution >= 4 is 0 Å². The number of nitrogens with two attached hydrogens (primary N) is 1. The van der Waals surface area contributed by atoms with Crippen molar-refractivity contribution in [2.75, 3.05) is 13.7 Å². The van der Waals surface area contributed by atoms with E-state index in [1.165, 1.54) is 32.1 Å². The number of rotatable bonds is 7. The Morgan fingerprint density at radius 1 is 1.10 bits per heavy atom. The van der Waals surface area contributed by atoms with Crippen molar-refractivity contribution < 1.29 is 9.47 Å². The highest BCUT2D eigenvalue weighted by Crippen LogP contribution is 2.33. The van der Waals surface area contributed by atoms with E-state index in [2.05, 4.69) is 6.92 Å². The minimum absolute atomic E-state index is 0.359. The molecule has 0 spiro atoms. The van der Waals surface area contributed by atoms with Gasteiger partial charge in [0.2, 0.25) is 0 Å². The molecule has 1 fully saturated rings. The Hall–Kier alpha value is -1.22. The van der Waals surface area contributed by atoms with Gasteiger partial charge in [-0.25, -0.2) is 0 Å². The summed E-state index contributed by atoms with van der Waals surface area (Å²) in [5.41, 5.74) is 6.28. The van der Waals surface area contributed by atoms with Crippen LogP contribution in [0.3, 0.4) is 0 Å². The van der Waals surface area contributed by atoms with Gasteiger partial charge in [-0.1, -0.05) is 19.8 Å². The highest BCUT2D eigenvalue weighted by molar-refractivity contribution is 5.31. The van der Waals surface area contributed by atoms with Crippen LogP contribution in [-0.2, 0) is 0 Å². The van der Waals surface area contributed by atoms with E-state index in [0.717, 1.165) is 30.4 Å². The maximum atomic E-state index is 6.28. The number of methoxy groups -OCH3 is 1. The van der Waals surface area contributed by atoms with Crippen molar-refractivity contribution in [3.63, 3.8) is 0 Å². The highest BCUT2D eigenvalue weighted by atomic mass is 16.5. The van der Waals surface area contributed by atoms with Gasteiger partial charge in [0.1, 0.15) is 11.5 Å². The summed E-state index contributed by atoms with van der Waals surface area (Å²) in [5, 5.41) is 0. The number of ether oxygens (including phenoxy) is 2. The molecule has 0 radical (unpaired) electrons. The van der Waals surface area contributed by atoms with Crippen molar-refractivity contribution in [2.24, 2.45) is 17.6 Å². The van der Waals surface area contributed by atoms with Crippen LogP contribution in [0.2, 0.25) is 0 Å². The highest BCUT2D eigenvalue weighted by Gasteiger charge is 2.27. The molecule has 0 heterocycles. The summed E-state index contributed by atoms with van der Waals surface area (Å²) < 4.78 is 11.0. The third-order valence-corrected chi connectivity index (χ3v) is 4.66. The molecule has 0 aromatic heterocycles. The van der Waals surface area contributed by atoms with E-state index >= 15 is 0 Å². The maximum absolute atomic E-state index is 6.28. The first-order chi connectivity index (χ1) is 10.2. The zero-order valence-corrected chi connectivity index (χ0v) is 13.4. The van der Waals surface area contributed by atoms with E-state index < -0.39 is 0 Å². The van der Waals surface area contributed by atoms with Gasteiger partial charge in [-0.05, 0) is 61.8 Å². The molecule has 0 aliphatic heterocycles. The molecule has 1 aromatic rings. The second-order valence-corrected chi connectivity index (χ2v) is 6.20. The van der Waals surface area contributed by atoms with E-state index in [-0.39, 0.29) is 0 Å². The average molecular weight is 291 g/mol. The molecule has 2 rings (SSSR count). The number of benzene rings is 1. The van der Waals surface area contributed by atoms with Crippen LogP contribution in [-0.4, -0.2) is 19.8 Å². The summed E-state index contributed by atoms with van der Waals surface area (Å²) in [6, 6.07) is 8.13. The van der Waals surface area contributed by atoms with E-state index in [1.807, 2.05) is 24.3 Å². The minimum Gasteiger partial charge on any atom is -0.497 e. The summed E-state index contributed by atoms with van der Waals surface area (Å²) in [7, 11) is 1.67. The fourth-order valence-electron chi connectivity index (χ4n) is 3.39. The van der Waals surface area contributed by atoms with Crippen molar-refractivity contribution in [3.05, 3.63) is 24.3 Å². The molecule has 21 heavy (non-hydrogen) atoms. The first-order valence-electron chi connectivity index (χ1n) is 8.25. The van der Waals surface area contributed by atoms with Crippen molar-refractivity contribution in [2.45, 2.75) is 51.5 Å². The summed E-state index contributed by atoms with van der Waals surface area (Å²) in [4.78, 5) is 0. The van der Waals surface area contributed by atoms with Gasteiger partial charge in [0.05, 0.1) is 13.7 Å². The van der Waals surface area contributed by atoms with E-state index in [0.29, 0.717) is 12.0 Å². The smallest absolute Gasteiger partial charge is 0.119 e. The summed E-state index contributed by atoms with van der Waals surface area (Å²) in [6.45, 7) is 3.03. The van der Waals surface area contributed by atoms with Crippen LogP contribution in [0.5, 0.6) is 11.5 Å². The molecular formula is C18H29NO2. The topological polar surface area (TPSA) is 44.5 Å². The summed E-state index contributed by atoms with van der Waals surface area (Å²) in [6.07, 6.45) is 7.47. The van der Waals surface area contributed by atoms with Gasteiger partial charge in [0, 0.05) is 6.04 Å². The molecule has 3 atom stereocenters. The molecule has 3 heteroatoms. The Morgan fingerprint density at radius 2 is 1.81 bits per heavy atom. The molecule has 1 aromatic carbocycles. The molecule has 3 unspecified atom stereocenters. The second-order valence-electron chi connectivity index (χ2n) is 6.20. The Kier molecular flexibility index (Phi) is 6.37. The Bertz CT molecular complexity index is 404. The third kappa shape index (κ3) is 4.92. The van der Waals surface area contributed by atoms with Gasteiger partial charge in [-0.3, -0.25) is 0 Å². The van der Waals surface area contributed by atoms with Gasteiger partial charge in [-0.15, -0.1) is 0 Å². The fourth-order valence-corrected chi connectivity index (χ4v) is 3.39. The van der Waals surface area contributed by atoms with Crippen LogP contribution in [0.15, 0.2) is 24.3 Å². The lowest BCUT2D eigenvalue weighted by atomic mass is 9.75. The fraction of sp³-hybridized carbons (Fsp3) is 0.667. The van der Waals surface area contributed by atoms with Gasteiger partial charge in [0.15, 0.2) is 0 Å². The lowest BCUT2D eigenvalue weighted by molar-refractivity contribution is 0.182. The molecule has 1 saturated carbocycles. The van der Waals surface area contributed by atoms with Crippen LogP contribution in [0.25, 0.3) is 0 Å². The van der Waals surface area contributed by atoms with Crippen LogP contribution >= 0.6 is 0 Å². The molecule has 1 aliphatic carbocycles. The first-order valence-corrected chi connectivity index (χ1v) is 8.25. The quantitative estimate of drug-likeness (QED) is 0.825. The van der Waals surface area contributed by atoms with Gasteiger partial charge >= 0.3 is 0 Å². The molecule has 2 N–H and O–H groups in total. The van der Waals surface area contributed by atoms with Gasteiger partial charge in [-0.2, -0.15) is 0 Å². The SMILES string of the molecule is CCCC1CCC(N)C(CCOc2ccc(OC)cc2)C1. The normalized spacial score (nSPS) is 25.6. The molecule has 0 amide bonds. The van der Waals surface area contributed by atoms with Crippen LogP contribution in [0, 0.1) is 11.8 Å². The third-order valence-electron chi connectivity index (χ3n) is 4.66. The van der Waals surface area contributed by atoms with E-state index in [4.69, 9.17) is 15.2 Å². The van der Waals surface area contributed by atoms with E-state index in [9.17, 15) is 0 Å². The predicted octanol–water partition coefficient (Wildman–Crippen LogP) is 4.01. The minimum atomic E-state index is 0.359. The largest absolute Gasteiger partial charge is 0.497 e. The van der Waals surface area contributed by atoms with Crippen molar-refractivity contribution in [1.29, 1.82) is 0 Å². The lowest BCUT2D eigenvalue weighted by Crippen LogP contribution is -2.37. The van der Waals surface area contributed by atoms with Crippen LogP contribution in [0.1, 0.15) is 45.4 Å². The molecule has 1 aliphatic rings. The monoisotopic (exact) mass is 291 g/mol. The second kappa shape index (κ2) is 8.28. The summed E-state index contributed by atoms with van der Waals surface area (Å²) >= 11 is 0. The lowest BCUT2D eigenvalue weighted by Gasteiger charge is -2.34. The Labute approximate surface area is 128 Å². The van der Waals surface area contributed by atoms with Crippen molar-refractivity contribution in [3.8, 4) is 11.5 Å². The van der Waals surface area contributed by atoms with Gasteiger partial charge < -0.3 is 15.2 Å². The summed E-state index contributed by atoms with van der Waals surface area (Å²) in [5.74, 6) is 3.26.